The minimum absolute atomic E-state index is 0.151. The third kappa shape index (κ3) is 3.47. The molecule has 0 radical (unpaired) electrons. The van der Waals surface area contributed by atoms with Crippen molar-refractivity contribution >= 4 is 5.91 Å². The van der Waals surface area contributed by atoms with Crippen LogP contribution in [-0.2, 0) is 11.3 Å². The number of nitrogens with zero attached hydrogens (tertiary/aromatic N) is 1. The van der Waals surface area contributed by atoms with Gasteiger partial charge in [-0.3, -0.25) is 4.79 Å². The van der Waals surface area contributed by atoms with Gasteiger partial charge < -0.3 is 15.0 Å². The van der Waals surface area contributed by atoms with Gasteiger partial charge in [0.2, 0.25) is 5.91 Å². The molecule has 1 fully saturated rings. The van der Waals surface area contributed by atoms with E-state index in [0.29, 0.717) is 6.54 Å². The van der Waals surface area contributed by atoms with Crippen LogP contribution in [0.2, 0.25) is 0 Å². The first-order valence-electron chi connectivity index (χ1n) is 6.87. The van der Waals surface area contributed by atoms with Crippen LogP contribution in [0, 0.1) is 5.92 Å². The highest BCUT2D eigenvalue weighted by molar-refractivity contribution is 5.79. The van der Waals surface area contributed by atoms with Crippen molar-refractivity contribution in [1.82, 2.24) is 10.2 Å². The Labute approximate surface area is 114 Å². The number of rotatable bonds is 5. The quantitative estimate of drug-likeness (QED) is 0.877. The zero-order valence-electron chi connectivity index (χ0n) is 11.7. The lowest BCUT2D eigenvalue weighted by Gasteiger charge is -2.24. The zero-order valence-corrected chi connectivity index (χ0v) is 11.7. The van der Waals surface area contributed by atoms with E-state index in [4.69, 9.17) is 4.74 Å². The standard InChI is InChI=1S/C15H22N2O2/c1-3-17(15(18)13-8-9-16-10-13)11-12-4-6-14(19-2)7-5-12/h4-7,13,16H,3,8-11H2,1-2H3. The molecule has 1 N–H and O–H groups in total. The Balaban J connectivity index is 1.99. The Bertz CT molecular complexity index is 411. The number of carbonyl (C=O) groups excluding carboxylic acids is 1. The average molecular weight is 262 g/mol. The number of ether oxygens (including phenoxy) is 1. The van der Waals surface area contributed by atoms with E-state index in [2.05, 4.69) is 5.32 Å². The smallest absolute Gasteiger partial charge is 0.227 e. The number of amides is 1. The van der Waals surface area contributed by atoms with Crippen LogP contribution in [0.5, 0.6) is 5.75 Å². The highest BCUT2D eigenvalue weighted by Crippen LogP contribution is 2.16. The van der Waals surface area contributed by atoms with E-state index in [1.165, 1.54) is 0 Å². The van der Waals surface area contributed by atoms with Crippen molar-refractivity contribution in [2.24, 2.45) is 5.92 Å². The molecule has 1 atom stereocenters. The molecule has 19 heavy (non-hydrogen) atoms. The highest BCUT2D eigenvalue weighted by atomic mass is 16.5. The summed E-state index contributed by atoms with van der Waals surface area (Å²) in [4.78, 5) is 14.3. The van der Waals surface area contributed by atoms with Gasteiger partial charge in [-0.2, -0.15) is 0 Å². The van der Waals surface area contributed by atoms with Crippen LogP contribution in [0.4, 0.5) is 0 Å². The summed E-state index contributed by atoms with van der Waals surface area (Å²) in [6.07, 6.45) is 0.956. The van der Waals surface area contributed by atoms with E-state index in [9.17, 15) is 4.79 Å². The maximum absolute atomic E-state index is 12.4. The molecule has 1 unspecified atom stereocenters. The largest absolute Gasteiger partial charge is 0.497 e. The van der Waals surface area contributed by atoms with E-state index >= 15 is 0 Å². The molecule has 1 heterocycles. The average Bonchev–Trinajstić information content (AvgIpc) is 2.99. The molecule has 0 aromatic heterocycles. The molecule has 1 amide bonds. The van der Waals surface area contributed by atoms with Crippen molar-refractivity contribution < 1.29 is 9.53 Å². The lowest BCUT2D eigenvalue weighted by Crippen LogP contribution is -2.36. The number of hydrogen-bond acceptors (Lipinski definition) is 3. The lowest BCUT2D eigenvalue weighted by atomic mass is 10.1. The Hall–Kier alpha value is -1.55. The SMILES string of the molecule is CCN(Cc1ccc(OC)cc1)C(=O)C1CCNC1. The predicted octanol–water partition coefficient (Wildman–Crippen LogP) is 1.65. The van der Waals surface area contributed by atoms with Crippen LogP contribution in [0.15, 0.2) is 24.3 Å². The van der Waals surface area contributed by atoms with Gasteiger partial charge in [0, 0.05) is 19.6 Å². The maximum atomic E-state index is 12.4. The maximum Gasteiger partial charge on any atom is 0.227 e. The van der Waals surface area contributed by atoms with Crippen LogP contribution in [0.1, 0.15) is 18.9 Å². The fourth-order valence-electron chi connectivity index (χ4n) is 2.42. The third-order valence-corrected chi connectivity index (χ3v) is 3.64. The first-order valence-corrected chi connectivity index (χ1v) is 6.87. The van der Waals surface area contributed by atoms with E-state index in [1.807, 2.05) is 36.1 Å². The molecule has 0 saturated carbocycles. The molecule has 0 spiro atoms. The van der Waals surface area contributed by atoms with Crippen molar-refractivity contribution in [3.8, 4) is 5.75 Å². The second-order valence-electron chi connectivity index (χ2n) is 4.89. The normalized spacial score (nSPS) is 18.3. The van der Waals surface area contributed by atoms with Gasteiger partial charge >= 0.3 is 0 Å². The minimum Gasteiger partial charge on any atom is -0.497 e. The number of carbonyl (C=O) groups is 1. The Morgan fingerprint density at radius 2 is 2.16 bits per heavy atom. The topological polar surface area (TPSA) is 41.6 Å². The molecule has 2 rings (SSSR count). The molecule has 1 aromatic rings. The number of nitrogens with one attached hydrogen (secondary N) is 1. The third-order valence-electron chi connectivity index (χ3n) is 3.64. The van der Waals surface area contributed by atoms with E-state index < -0.39 is 0 Å². The first kappa shape index (κ1) is 13.9. The molecular formula is C15H22N2O2. The van der Waals surface area contributed by atoms with E-state index in [0.717, 1.165) is 37.4 Å². The number of methoxy groups -OCH3 is 1. The molecular weight excluding hydrogens is 240 g/mol. The Morgan fingerprint density at radius 3 is 2.68 bits per heavy atom. The van der Waals surface area contributed by atoms with Gasteiger partial charge in [-0.05, 0) is 37.6 Å². The minimum atomic E-state index is 0.151. The lowest BCUT2D eigenvalue weighted by molar-refractivity contribution is -0.135. The summed E-state index contributed by atoms with van der Waals surface area (Å²) in [7, 11) is 1.66. The summed E-state index contributed by atoms with van der Waals surface area (Å²) < 4.78 is 5.14. The van der Waals surface area contributed by atoms with Crippen LogP contribution in [0.3, 0.4) is 0 Å². The molecule has 4 heteroatoms. The van der Waals surface area contributed by atoms with Gasteiger partial charge in [-0.1, -0.05) is 12.1 Å². The fourth-order valence-corrected chi connectivity index (χ4v) is 2.42. The van der Waals surface area contributed by atoms with E-state index in [-0.39, 0.29) is 11.8 Å². The number of hydrogen-bond donors (Lipinski definition) is 1. The molecule has 0 aliphatic carbocycles. The van der Waals surface area contributed by atoms with Gasteiger partial charge in [0.05, 0.1) is 13.0 Å². The Kier molecular flexibility index (Phi) is 4.80. The van der Waals surface area contributed by atoms with Gasteiger partial charge in [-0.15, -0.1) is 0 Å². The predicted molar refractivity (Wildman–Crippen MR) is 75.1 cm³/mol. The summed E-state index contributed by atoms with van der Waals surface area (Å²) in [5.74, 6) is 1.26. The van der Waals surface area contributed by atoms with Gasteiger partial charge in [0.1, 0.15) is 5.75 Å². The number of benzene rings is 1. The molecule has 4 nitrogen and oxygen atoms in total. The molecule has 104 valence electrons. The molecule has 0 bridgehead atoms. The van der Waals surface area contributed by atoms with Crippen molar-refractivity contribution in [1.29, 1.82) is 0 Å². The van der Waals surface area contributed by atoms with Crippen molar-refractivity contribution in [2.45, 2.75) is 19.9 Å². The van der Waals surface area contributed by atoms with Crippen LogP contribution in [-0.4, -0.2) is 37.6 Å². The Morgan fingerprint density at radius 1 is 1.42 bits per heavy atom. The second-order valence-corrected chi connectivity index (χ2v) is 4.89. The summed E-state index contributed by atoms with van der Waals surface area (Å²) in [5, 5.41) is 3.25. The van der Waals surface area contributed by atoms with Crippen LogP contribution >= 0.6 is 0 Å². The zero-order chi connectivity index (χ0) is 13.7. The van der Waals surface area contributed by atoms with Gasteiger partial charge in [0.15, 0.2) is 0 Å². The molecule has 1 aromatic carbocycles. The van der Waals surface area contributed by atoms with Crippen molar-refractivity contribution in [3.63, 3.8) is 0 Å². The monoisotopic (exact) mass is 262 g/mol. The van der Waals surface area contributed by atoms with Crippen LogP contribution < -0.4 is 10.1 Å². The molecule has 1 aliphatic rings. The summed E-state index contributed by atoms with van der Waals surface area (Å²) in [6.45, 7) is 5.23. The summed E-state index contributed by atoms with van der Waals surface area (Å²) in [6, 6.07) is 7.90. The van der Waals surface area contributed by atoms with Crippen molar-refractivity contribution in [3.05, 3.63) is 29.8 Å². The van der Waals surface area contributed by atoms with Gasteiger partial charge in [-0.25, -0.2) is 0 Å². The fraction of sp³-hybridized carbons (Fsp3) is 0.533. The summed E-state index contributed by atoms with van der Waals surface area (Å²) >= 11 is 0. The molecule has 1 saturated heterocycles. The highest BCUT2D eigenvalue weighted by Gasteiger charge is 2.26. The second kappa shape index (κ2) is 6.57. The van der Waals surface area contributed by atoms with Crippen LogP contribution in [0.25, 0.3) is 0 Å². The molecule has 1 aliphatic heterocycles. The van der Waals surface area contributed by atoms with Gasteiger partial charge in [0.25, 0.3) is 0 Å². The van der Waals surface area contributed by atoms with E-state index in [1.54, 1.807) is 7.11 Å². The summed E-state index contributed by atoms with van der Waals surface area (Å²) in [5.41, 5.74) is 1.14. The van der Waals surface area contributed by atoms with Crippen molar-refractivity contribution in [2.75, 3.05) is 26.7 Å². The first-order chi connectivity index (χ1) is 9.24.